The van der Waals surface area contributed by atoms with Crippen LogP contribution >= 0.6 is 15.9 Å². The Hall–Kier alpha value is -1.09. The number of hydrogen-bond acceptors (Lipinski definition) is 4. The molecule has 1 aromatic heterocycles. The molecule has 118 valence electrons. The maximum absolute atomic E-state index is 12.3. The Morgan fingerprint density at radius 2 is 2.10 bits per heavy atom. The molecule has 2 unspecified atom stereocenters. The van der Waals surface area contributed by atoms with Gasteiger partial charge in [-0.2, -0.15) is 18.3 Å². The predicted molar refractivity (Wildman–Crippen MR) is 76.1 cm³/mol. The maximum Gasteiger partial charge on any atom is 0.408 e. The third-order valence-electron chi connectivity index (χ3n) is 3.47. The fourth-order valence-corrected chi connectivity index (χ4v) is 2.81. The van der Waals surface area contributed by atoms with Crippen LogP contribution < -0.4 is 16.6 Å². The van der Waals surface area contributed by atoms with E-state index in [-0.39, 0.29) is 16.6 Å². The third-order valence-corrected chi connectivity index (χ3v) is 4.24. The molecule has 0 spiro atoms. The Bertz CT molecular complexity index is 560. The molecule has 1 heterocycles. The molecule has 1 aliphatic carbocycles. The first-order chi connectivity index (χ1) is 9.78. The number of alkyl halides is 3. The summed E-state index contributed by atoms with van der Waals surface area (Å²) in [5.74, 6) is 0. The van der Waals surface area contributed by atoms with Gasteiger partial charge in [-0.1, -0.05) is 12.8 Å². The minimum Gasteiger partial charge on any atom is -0.378 e. The van der Waals surface area contributed by atoms with Crippen molar-refractivity contribution in [1.82, 2.24) is 9.78 Å². The normalized spacial score (nSPS) is 23.1. The van der Waals surface area contributed by atoms with Crippen LogP contribution in [-0.4, -0.2) is 28.0 Å². The number of nitrogens with zero attached hydrogens (tertiary/aromatic N) is 2. The highest BCUT2D eigenvalue weighted by molar-refractivity contribution is 9.10. The van der Waals surface area contributed by atoms with Crippen LogP contribution in [0.25, 0.3) is 0 Å². The van der Waals surface area contributed by atoms with E-state index < -0.39 is 18.3 Å². The van der Waals surface area contributed by atoms with Crippen LogP contribution in [0, 0.1) is 0 Å². The van der Waals surface area contributed by atoms with E-state index >= 15 is 0 Å². The van der Waals surface area contributed by atoms with Crippen molar-refractivity contribution in [3.63, 3.8) is 0 Å². The van der Waals surface area contributed by atoms with Crippen LogP contribution in [-0.2, 0) is 6.54 Å². The van der Waals surface area contributed by atoms with Crippen LogP contribution in [0.15, 0.2) is 15.5 Å². The first-order valence-corrected chi connectivity index (χ1v) is 7.42. The molecule has 2 atom stereocenters. The van der Waals surface area contributed by atoms with E-state index in [1.165, 1.54) is 6.20 Å². The highest BCUT2D eigenvalue weighted by Gasteiger charge is 2.30. The molecule has 9 heteroatoms. The molecule has 0 aliphatic heterocycles. The van der Waals surface area contributed by atoms with Gasteiger partial charge in [0.1, 0.15) is 11.0 Å². The van der Waals surface area contributed by atoms with Crippen molar-refractivity contribution < 1.29 is 13.2 Å². The zero-order chi connectivity index (χ0) is 15.6. The monoisotopic (exact) mass is 368 g/mol. The number of anilines is 1. The van der Waals surface area contributed by atoms with E-state index in [1.54, 1.807) is 0 Å². The molecule has 0 saturated heterocycles. The Labute approximate surface area is 127 Å². The number of halogens is 4. The Morgan fingerprint density at radius 1 is 1.43 bits per heavy atom. The number of nitrogens with two attached hydrogens (primary N) is 1. The van der Waals surface area contributed by atoms with Crippen LogP contribution in [0.3, 0.4) is 0 Å². The second-order valence-corrected chi connectivity index (χ2v) is 5.94. The highest BCUT2D eigenvalue weighted by Crippen LogP contribution is 2.24. The summed E-state index contributed by atoms with van der Waals surface area (Å²) in [5.41, 5.74) is 5.56. The summed E-state index contributed by atoms with van der Waals surface area (Å²) in [6, 6.07) is -0.0435. The lowest BCUT2D eigenvalue weighted by Gasteiger charge is -2.30. The van der Waals surface area contributed by atoms with E-state index in [9.17, 15) is 18.0 Å². The summed E-state index contributed by atoms with van der Waals surface area (Å²) in [7, 11) is 0. The quantitative estimate of drug-likeness (QED) is 0.857. The minimum atomic E-state index is -4.49. The first-order valence-electron chi connectivity index (χ1n) is 6.62. The molecule has 0 radical (unpaired) electrons. The van der Waals surface area contributed by atoms with E-state index in [0.29, 0.717) is 10.4 Å². The molecule has 0 bridgehead atoms. The highest BCUT2D eigenvalue weighted by atomic mass is 79.9. The van der Waals surface area contributed by atoms with Crippen molar-refractivity contribution in [2.45, 2.75) is 50.5 Å². The summed E-state index contributed by atoms with van der Waals surface area (Å²) in [5, 5.41) is 6.67. The lowest BCUT2D eigenvalue weighted by atomic mass is 9.91. The fraction of sp³-hybridized carbons (Fsp3) is 0.667. The summed E-state index contributed by atoms with van der Waals surface area (Å²) in [4.78, 5) is 11.9. The van der Waals surface area contributed by atoms with Gasteiger partial charge in [0.05, 0.1) is 11.9 Å². The number of hydrogen-bond donors (Lipinski definition) is 2. The molecule has 3 N–H and O–H groups in total. The van der Waals surface area contributed by atoms with E-state index in [4.69, 9.17) is 5.73 Å². The number of rotatable bonds is 3. The van der Waals surface area contributed by atoms with Crippen LogP contribution in [0.1, 0.15) is 25.7 Å². The minimum absolute atomic E-state index is 0.00489. The predicted octanol–water partition coefficient (Wildman–Crippen LogP) is 2.25. The molecule has 1 saturated carbocycles. The van der Waals surface area contributed by atoms with Gasteiger partial charge in [0.15, 0.2) is 0 Å². The van der Waals surface area contributed by atoms with E-state index in [0.717, 1.165) is 25.7 Å². The SMILES string of the molecule is NC1CCCCC1Nc1cnn(CC(F)(F)F)c(=O)c1Br. The number of aromatic nitrogens is 2. The molecule has 1 aromatic rings. The average Bonchev–Trinajstić information content (AvgIpc) is 2.39. The van der Waals surface area contributed by atoms with Crippen molar-refractivity contribution in [1.29, 1.82) is 0 Å². The van der Waals surface area contributed by atoms with E-state index in [1.807, 2.05) is 0 Å². The lowest BCUT2D eigenvalue weighted by molar-refractivity contribution is -0.143. The van der Waals surface area contributed by atoms with Gasteiger partial charge >= 0.3 is 6.18 Å². The molecule has 2 rings (SSSR count). The zero-order valence-electron chi connectivity index (χ0n) is 11.2. The first kappa shape index (κ1) is 16.3. The van der Waals surface area contributed by atoms with Crippen molar-refractivity contribution in [2.24, 2.45) is 5.73 Å². The van der Waals surface area contributed by atoms with E-state index in [2.05, 4.69) is 26.3 Å². The second kappa shape index (κ2) is 6.35. The Morgan fingerprint density at radius 3 is 2.71 bits per heavy atom. The lowest BCUT2D eigenvalue weighted by Crippen LogP contribution is -2.43. The van der Waals surface area contributed by atoms with Gasteiger partial charge in [0.25, 0.3) is 5.56 Å². The van der Waals surface area contributed by atoms with Crippen molar-refractivity contribution >= 4 is 21.6 Å². The van der Waals surface area contributed by atoms with Crippen LogP contribution in [0.5, 0.6) is 0 Å². The standard InChI is InChI=1S/C12H16BrF3N4O/c13-10-9(19-8-4-2-1-3-7(8)17)5-18-20(11(10)21)6-12(14,15)16/h5,7-8,19H,1-4,6,17H2. The smallest absolute Gasteiger partial charge is 0.378 e. The fourth-order valence-electron chi connectivity index (χ4n) is 2.39. The third kappa shape index (κ3) is 4.19. The maximum atomic E-state index is 12.3. The molecule has 0 aromatic carbocycles. The summed E-state index contributed by atoms with van der Waals surface area (Å²) < 4.78 is 37.4. The van der Waals surface area contributed by atoms with Crippen LogP contribution in [0.2, 0.25) is 0 Å². The average molecular weight is 369 g/mol. The Balaban J connectivity index is 2.18. The topological polar surface area (TPSA) is 72.9 Å². The summed E-state index contributed by atoms with van der Waals surface area (Å²) >= 11 is 3.04. The van der Waals surface area contributed by atoms with Gasteiger partial charge in [-0.25, -0.2) is 4.68 Å². The van der Waals surface area contributed by atoms with Gasteiger partial charge in [0.2, 0.25) is 0 Å². The molecular formula is C12H16BrF3N4O. The van der Waals surface area contributed by atoms with Gasteiger partial charge in [-0.3, -0.25) is 4.79 Å². The summed E-state index contributed by atoms with van der Waals surface area (Å²) in [6.45, 7) is -1.41. The van der Waals surface area contributed by atoms with Crippen LogP contribution in [0.4, 0.5) is 18.9 Å². The van der Waals surface area contributed by atoms with Crippen molar-refractivity contribution in [3.05, 3.63) is 21.0 Å². The zero-order valence-corrected chi connectivity index (χ0v) is 12.7. The Kier molecular flexibility index (Phi) is 4.92. The number of nitrogens with one attached hydrogen (secondary N) is 1. The second-order valence-electron chi connectivity index (χ2n) is 5.15. The van der Waals surface area contributed by atoms with Gasteiger partial charge in [-0.15, -0.1) is 0 Å². The largest absolute Gasteiger partial charge is 0.408 e. The molecule has 21 heavy (non-hydrogen) atoms. The molecule has 0 amide bonds. The van der Waals surface area contributed by atoms with Crippen molar-refractivity contribution in [3.8, 4) is 0 Å². The molecular weight excluding hydrogens is 353 g/mol. The molecule has 5 nitrogen and oxygen atoms in total. The molecule has 1 fully saturated rings. The van der Waals surface area contributed by atoms with Gasteiger partial charge < -0.3 is 11.1 Å². The van der Waals surface area contributed by atoms with Gasteiger partial charge in [-0.05, 0) is 28.8 Å². The molecule has 1 aliphatic rings. The summed E-state index contributed by atoms with van der Waals surface area (Å²) in [6.07, 6.45) is 0.566. The van der Waals surface area contributed by atoms with Gasteiger partial charge in [0, 0.05) is 12.1 Å². The van der Waals surface area contributed by atoms with Crippen molar-refractivity contribution in [2.75, 3.05) is 5.32 Å².